The van der Waals surface area contributed by atoms with Crippen LogP contribution in [0, 0.1) is 6.92 Å². The molecule has 0 N–H and O–H groups in total. The van der Waals surface area contributed by atoms with Crippen LogP contribution in [0.4, 0.5) is 0 Å². The van der Waals surface area contributed by atoms with Crippen LogP contribution < -0.4 is 4.57 Å². The SMILES string of the molecule is Cc1cc(-c2ccc(Cl)cc2)cc(-c2ccc(Br)cc2)[n+]1C. The summed E-state index contributed by atoms with van der Waals surface area (Å²) in [5.41, 5.74) is 5.98. The van der Waals surface area contributed by atoms with E-state index in [0.717, 1.165) is 9.50 Å². The first kappa shape index (κ1) is 15.3. The molecule has 3 rings (SSSR count). The normalized spacial score (nSPS) is 10.7. The van der Waals surface area contributed by atoms with Crippen molar-refractivity contribution in [3.8, 4) is 22.4 Å². The molecule has 0 atom stereocenters. The van der Waals surface area contributed by atoms with Gasteiger partial charge in [0.1, 0.15) is 7.05 Å². The zero-order valence-corrected chi connectivity index (χ0v) is 14.8. The first-order valence-electron chi connectivity index (χ1n) is 7.07. The van der Waals surface area contributed by atoms with Gasteiger partial charge in [0, 0.05) is 34.1 Å². The van der Waals surface area contributed by atoms with Crippen molar-refractivity contribution in [3.63, 3.8) is 0 Å². The maximum Gasteiger partial charge on any atom is 0.213 e. The Balaban J connectivity index is 2.14. The Bertz CT molecular complexity index is 808. The van der Waals surface area contributed by atoms with Gasteiger partial charge in [-0.25, -0.2) is 0 Å². The van der Waals surface area contributed by atoms with Crippen LogP contribution in [-0.4, -0.2) is 0 Å². The summed E-state index contributed by atoms with van der Waals surface area (Å²) in [7, 11) is 2.10. The van der Waals surface area contributed by atoms with Gasteiger partial charge in [-0.3, -0.25) is 0 Å². The van der Waals surface area contributed by atoms with E-state index < -0.39 is 0 Å². The molecule has 3 heteroatoms. The number of hydrogen-bond acceptors (Lipinski definition) is 0. The molecule has 0 bridgehead atoms. The highest BCUT2D eigenvalue weighted by Gasteiger charge is 2.15. The number of aryl methyl sites for hydroxylation is 1. The van der Waals surface area contributed by atoms with Gasteiger partial charge < -0.3 is 0 Å². The first-order chi connectivity index (χ1) is 10.5. The number of pyridine rings is 1. The van der Waals surface area contributed by atoms with Crippen molar-refractivity contribution in [1.29, 1.82) is 0 Å². The Hall–Kier alpha value is -1.64. The molecule has 0 amide bonds. The number of halogens is 2. The topological polar surface area (TPSA) is 3.88 Å². The van der Waals surface area contributed by atoms with Crippen LogP contribution in [0.1, 0.15) is 5.69 Å². The van der Waals surface area contributed by atoms with Crippen LogP contribution >= 0.6 is 27.5 Å². The van der Waals surface area contributed by atoms with Crippen LogP contribution in [0.3, 0.4) is 0 Å². The average molecular weight is 374 g/mol. The highest BCUT2D eigenvalue weighted by Crippen LogP contribution is 2.26. The second kappa shape index (κ2) is 6.23. The second-order valence-electron chi connectivity index (χ2n) is 5.34. The number of nitrogens with zero attached hydrogens (tertiary/aromatic N) is 1. The van der Waals surface area contributed by atoms with Crippen molar-refractivity contribution in [2.75, 3.05) is 0 Å². The Morgan fingerprint density at radius 2 is 1.41 bits per heavy atom. The van der Waals surface area contributed by atoms with E-state index in [2.05, 4.69) is 83.0 Å². The van der Waals surface area contributed by atoms with Gasteiger partial charge in [0.2, 0.25) is 5.69 Å². The molecule has 1 aromatic heterocycles. The Morgan fingerprint density at radius 3 is 2.05 bits per heavy atom. The molecule has 1 heterocycles. The maximum absolute atomic E-state index is 5.99. The van der Waals surface area contributed by atoms with Gasteiger partial charge in [-0.15, -0.1) is 0 Å². The minimum Gasteiger partial charge on any atom is -0.199 e. The average Bonchev–Trinajstić information content (AvgIpc) is 2.52. The molecule has 3 aromatic rings. The third-order valence-electron chi connectivity index (χ3n) is 3.86. The van der Waals surface area contributed by atoms with Crippen LogP contribution in [0.5, 0.6) is 0 Å². The van der Waals surface area contributed by atoms with E-state index in [-0.39, 0.29) is 0 Å². The summed E-state index contributed by atoms with van der Waals surface area (Å²) in [5, 5.41) is 0.759. The van der Waals surface area contributed by atoms with Gasteiger partial charge >= 0.3 is 0 Å². The van der Waals surface area contributed by atoms with Crippen molar-refractivity contribution in [2.24, 2.45) is 7.05 Å². The van der Waals surface area contributed by atoms with E-state index in [1.807, 2.05) is 12.1 Å². The fourth-order valence-electron chi connectivity index (χ4n) is 2.50. The van der Waals surface area contributed by atoms with Crippen molar-refractivity contribution < 1.29 is 4.57 Å². The lowest BCUT2D eigenvalue weighted by atomic mass is 10.0. The second-order valence-corrected chi connectivity index (χ2v) is 6.70. The van der Waals surface area contributed by atoms with Crippen LogP contribution in [0.15, 0.2) is 65.1 Å². The molecule has 0 fully saturated rings. The summed E-state index contributed by atoms with van der Waals surface area (Å²) < 4.78 is 3.30. The molecule has 1 nitrogen and oxygen atoms in total. The van der Waals surface area contributed by atoms with Crippen LogP contribution in [0.2, 0.25) is 5.02 Å². The van der Waals surface area contributed by atoms with Crippen molar-refractivity contribution in [3.05, 3.63) is 75.9 Å². The summed E-state index contributed by atoms with van der Waals surface area (Å²) in [6.45, 7) is 2.13. The van der Waals surface area contributed by atoms with Gasteiger partial charge in [-0.05, 0) is 47.5 Å². The fraction of sp³-hybridized carbons (Fsp3) is 0.105. The molecule has 0 aliphatic carbocycles. The van der Waals surface area contributed by atoms with E-state index in [1.54, 1.807) is 0 Å². The minimum atomic E-state index is 0.759. The van der Waals surface area contributed by atoms with Gasteiger partial charge in [-0.1, -0.05) is 39.7 Å². The maximum atomic E-state index is 5.99. The number of aromatic nitrogens is 1. The largest absolute Gasteiger partial charge is 0.213 e. The predicted octanol–water partition coefficient (Wildman–Crippen LogP) is 5.57. The Kier molecular flexibility index (Phi) is 4.32. The third-order valence-corrected chi connectivity index (χ3v) is 4.65. The molecule has 0 radical (unpaired) electrons. The molecule has 0 saturated carbocycles. The Labute approximate surface area is 144 Å². The lowest BCUT2D eigenvalue weighted by Gasteiger charge is -2.08. The van der Waals surface area contributed by atoms with E-state index >= 15 is 0 Å². The number of hydrogen-bond donors (Lipinski definition) is 0. The summed E-state index contributed by atoms with van der Waals surface area (Å²) in [4.78, 5) is 0. The molecule has 0 saturated heterocycles. The molecule has 0 aliphatic rings. The van der Waals surface area contributed by atoms with Gasteiger partial charge in [-0.2, -0.15) is 4.57 Å². The zero-order chi connectivity index (χ0) is 15.7. The Morgan fingerprint density at radius 1 is 0.818 bits per heavy atom. The smallest absolute Gasteiger partial charge is 0.199 e. The number of benzene rings is 2. The number of rotatable bonds is 2. The predicted molar refractivity (Wildman–Crippen MR) is 95.9 cm³/mol. The molecule has 0 unspecified atom stereocenters. The van der Waals surface area contributed by atoms with Crippen molar-refractivity contribution >= 4 is 27.5 Å². The van der Waals surface area contributed by atoms with E-state index in [0.29, 0.717) is 0 Å². The van der Waals surface area contributed by atoms with Crippen molar-refractivity contribution in [1.82, 2.24) is 0 Å². The summed E-state index contributed by atoms with van der Waals surface area (Å²) in [5.74, 6) is 0. The monoisotopic (exact) mass is 372 g/mol. The molecule has 22 heavy (non-hydrogen) atoms. The van der Waals surface area contributed by atoms with Gasteiger partial charge in [0.15, 0.2) is 5.69 Å². The summed E-state index contributed by atoms with van der Waals surface area (Å²) >= 11 is 9.48. The zero-order valence-electron chi connectivity index (χ0n) is 12.5. The molecular weight excluding hydrogens is 358 g/mol. The van der Waals surface area contributed by atoms with Gasteiger partial charge in [0.05, 0.1) is 0 Å². The van der Waals surface area contributed by atoms with E-state index in [4.69, 9.17) is 11.6 Å². The molecule has 110 valence electrons. The molecular formula is C19H16BrClN+. The van der Waals surface area contributed by atoms with E-state index in [1.165, 1.54) is 28.1 Å². The third kappa shape index (κ3) is 3.08. The summed E-state index contributed by atoms with van der Waals surface area (Å²) in [6.07, 6.45) is 0. The first-order valence-corrected chi connectivity index (χ1v) is 8.24. The quantitative estimate of drug-likeness (QED) is 0.517. The lowest BCUT2D eigenvalue weighted by molar-refractivity contribution is -0.666. The van der Waals surface area contributed by atoms with Crippen LogP contribution in [0.25, 0.3) is 22.4 Å². The molecule has 0 aliphatic heterocycles. The van der Waals surface area contributed by atoms with E-state index in [9.17, 15) is 0 Å². The highest BCUT2D eigenvalue weighted by molar-refractivity contribution is 9.10. The van der Waals surface area contributed by atoms with Crippen molar-refractivity contribution in [2.45, 2.75) is 6.92 Å². The summed E-state index contributed by atoms with van der Waals surface area (Å²) in [6, 6.07) is 20.8. The standard InChI is InChI=1S/C19H16BrClN/c1-13-11-16(14-5-9-18(21)10-6-14)12-19(22(13)2)15-3-7-17(20)8-4-15/h3-12H,1-2H3/q+1. The highest BCUT2D eigenvalue weighted by atomic mass is 79.9. The minimum absolute atomic E-state index is 0.759. The molecule has 2 aromatic carbocycles. The molecule has 0 spiro atoms. The lowest BCUT2D eigenvalue weighted by Crippen LogP contribution is -2.34. The van der Waals surface area contributed by atoms with Gasteiger partial charge in [0.25, 0.3) is 0 Å². The van der Waals surface area contributed by atoms with Crippen LogP contribution in [-0.2, 0) is 7.05 Å². The fourth-order valence-corrected chi connectivity index (χ4v) is 2.89.